The van der Waals surface area contributed by atoms with E-state index in [0.29, 0.717) is 17.4 Å². The maximum Gasteiger partial charge on any atom is 0.242 e. The van der Waals surface area contributed by atoms with Crippen LogP contribution < -0.4 is 5.32 Å². The molecule has 0 aliphatic heterocycles. The Labute approximate surface area is 123 Å². The summed E-state index contributed by atoms with van der Waals surface area (Å²) >= 11 is 0. The predicted molar refractivity (Wildman–Crippen MR) is 83.1 cm³/mol. The summed E-state index contributed by atoms with van der Waals surface area (Å²) in [7, 11) is -1.73. The van der Waals surface area contributed by atoms with Crippen LogP contribution in [0.25, 0.3) is 0 Å². The average Bonchev–Trinajstić information content (AvgIpc) is 2.39. The van der Waals surface area contributed by atoms with Gasteiger partial charge in [-0.25, -0.2) is 12.7 Å². The number of benzene rings is 1. The zero-order chi connectivity index (χ0) is 15.2. The minimum atomic E-state index is -3.36. The molecule has 0 spiro atoms. The fraction of sp³-hybridized carbons (Fsp3) is 0.600. The molecule has 1 aromatic carbocycles. The largest absolute Gasteiger partial charge is 0.313 e. The Bertz CT molecular complexity index is 495. The molecule has 20 heavy (non-hydrogen) atoms. The van der Waals surface area contributed by atoms with Crippen LogP contribution in [0.15, 0.2) is 29.2 Å². The molecule has 4 nitrogen and oxygen atoms in total. The fourth-order valence-corrected chi connectivity index (χ4v) is 3.32. The molecule has 1 aromatic rings. The molecule has 0 unspecified atom stereocenters. The zero-order valence-electron chi connectivity index (χ0n) is 12.9. The fourth-order valence-electron chi connectivity index (χ4n) is 1.98. The van der Waals surface area contributed by atoms with Crippen molar-refractivity contribution in [1.82, 2.24) is 9.62 Å². The second kappa shape index (κ2) is 7.76. The van der Waals surface area contributed by atoms with Crippen LogP contribution >= 0.6 is 0 Å². The molecule has 1 rings (SSSR count). The Balaban J connectivity index is 2.76. The molecule has 5 heteroatoms. The van der Waals surface area contributed by atoms with Crippen molar-refractivity contribution in [3.05, 3.63) is 29.8 Å². The Morgan fingerprint density at radius 1 is 1.20 bits per heavy atom. The highest BCUT2D eigenvalue weighted by atomic mass is 32.2. The smallest absolute Gasteiger partial charge is 0.242 e. The van der Waals surface area contributed by atoms with Gasteiger partial charge >= 0.3 is 0 Å². The van der Waals surface area contributed by atoms with Gasteiger partial charge in [0.25, 0.3) is 0 Å². The van der Waals surface area contributed by atoms with Gasteiger partial charge in [0.2, 0.25) is 10.0 Å². The molecule has 0 heterocycles. The van der Waals surface area contributed by atoms with Crippen LogP contribution in [0.3, 0.4) is 0 Å². The third-order valence-electron chi connectivity index (χ3n) is 3.01. The number of rotatable bonds is 8. The highest BCUT2D eigenvalue weighted by Gasteiger charge is 2.20. The third-order valence-corrected chi connectivity index (χ3v) is 4.85. The number of sulfonamides is 1. The Hall–Kier alpha value is -0.910. The summed E-state index contributed by atoms with van der Waals surface area (Å²) in [6.07, 6.45) is 1.09. The van der Waals surface area contributed by atoms with Crippen molar-refractivity contribution in [3.8, 4) is 0 Å². The monoisotopic (exact) mass is 298 g/mol. The quantitative estimate of drug-likeness (QED) is 0.750. The lowest BCUT2D eigenvalue weighted by atomic mass is 10.2. The van der Waals surface area contributed by atoms with E-state index < -0.39 is 10.0 Å². The van der Waals surface area contributed by atoms with E-state index in [4.69, 9.17) is 0 Å². The van der Waals surface area contributed by atoms with Crippen molar-refractivity contribution < 1.29 is 8.42 Å². The molecule has 0 aromatic heterocycles. The van der Waals surface area contributed by atoms with Gasteiger partial charge in [0.15, 0.2) is 0 Å². The third kappa shape index (κ3) is 4.89. The van der Waals surface area contributed by atoms with Crippen LogP contribution in [0.2, 0.25) is 0 Å². The summed E-state index contributed by atoms with van der Waals surface area (Å²) < 4.78 is 26.1. The normalized spacial score (nSPS) is 12.3. The summed E-state index contributed by atoms with van der Waals surface area (Å²) in [4.78, 5) is 0.361. The molecule has 0 saturated carbocycles. The van der Waals surface area contributed by atoms with E-state index in [-0.39, 0.29) is 0 Å². The van der Waals surface area contributed by atoms with Crippen LogP contribution in [0, 0.1) is 5.92 Å². The summed E-state index contributed by atoms with van der Waals surface area (Å²) in [6.45, 7) is 8.41. The molecule has 0 amide bonds. The number of hydrogen-bond donors (Lipinski definition) is 1. The van der Waals surface area contributed by atoms with Crippen molar-refractivity contribution >= 4 is 10.0 Å². The van der Waals surface area contributed by atoms with E-state index in [1.54, 1.807) is 19.2 Å². The first-order valence-electron chi connectivity index (χ1n) is 7.14. The Morgan fingerprint density at radius 3 is 2.30 bits per heavy atom. The lowest BCUT2D eigenvalue weighted by molar-refractivity contribution is 0.417. The number of nitrogens with zero attached hydrogens (tertiary/aromatic N) is 1. The van der Waals surface area contributed by atoms with Crippen molar-refractivity contribution in [2.24, 2.45) is 5.92 Å². The van der Waals surface area contributed by atoms with Gasteiger partial charge in [-0.2, -0.15) is 0 Å². The maximum absolute atomic E-state index is 12.3. The summed E-state index contributed by atoms with van der Waals surface area (Å²) in [5.74, 6) is 0.312. The molecule has 0 aliphatic rings. The molecule has 0 radical (unpaired) electrons. The predicted octanol–water partition coefficient (Wildman–Crippen LogP) is 2.46. The van der Waals surface area contributed by atoms with Crippen molar-refractivity contribution in [1.29, 1.82) is 0 Å². The van der Waals surface area contributed by atoms with Gasteiger partial charge in [0.05, 0.1) is 4.90 Å². The molecular weight excluding hydrogens is 272 g/mol. The molecule has 0 saturated heterocycles. The standard InChI is InChI=1S/C15H26N2O2S/c1-5-10-16-11-14-6-8-15(9-7-14)20(18,19)17(4)12-13(2)3/h6-9,13,16H,5,10-12H2,1-4H3. The summed E-state index contributed by atoms with van der Waals surface area (Å²) in [5, 5.41) is 3.30. The molecule has 0 fully saturated rings. The highest BCUT2D eigenvalue weighted by molar-refractivity contribution is 7.89. The molecule has 0 aliphatic carbocycles. The van der Waals surface area contributed by atoms with Gasteiger partial charge in [-0.1, -0.05) is 32.9 Å². The van der Waals surface area contributed by atoms with E-state index in [1.165, 1.54) is 4.31 Å². The maximum atomic E-state index is 12.3. The highest BCUT2D eigenvalue weighted by Crippen LogP contribution is 2.16. The molecule has 0 atom stereocenters. The first kappa shape index (κ1) is 17.1. The van der Waals surface area contributed by atoms with Gasteiger partial charge in [0.1, 0.15) is 0 Å². The van der Waals surface area contributed by atoms with Crippen molar-refractivity contribution in [2.75, 3.05) is 20.1 Å². The van der Waals surface area contributed by atoms with Gasteiger partial charge in [-0.3, -0.25) is 0 Å². The minimum Gasteiger partial charge on any atom is -0.313 e. The van der Waals surface area contributed by atoms with Gasteiger partial charge in [0, 0.05) is 20.1 Å². The topological polar surface area (TPSA) is 49.4 Å². The van der Waals surface area contributed by atoms with E-state index in [2.05, 4.69) is 12.2 Å². The second-order valence-corrected chi connectivity index (χ2v) is 7.55. The lowest BCUT2D eigenvalue weighted by Gasteiger charge is -2.19. The molecular formula is C15H26N2O2S. The van der Waals surface area contributed by atoms with Gasteiger partial charge < -0.3 is 5.32 Å². The molecule has 0 bridgehead atoms. The number of hydrogen-bond acceptors (Lipinski definition) is 3. The zero-order valence-corrected chi connectivity index (χ0v) is 13.7. The first-order valence-corrected chi connectivity index (χ1v) is 8.58. The van der Waals surface area contributed by atoms with E-state index in [9.17, 15) is 8.42 Å². The first-order chi connectivity index (χ1) is 9.37. The van der Waals surface area contributed by atoms with Gasteiger partial charge in [-0.05, 0) is 36.6 Å². The summed E-state index contributed by atoms with van der Waals surface area (Å²) in [5.41, 5.74) is 1.10. The minimum absolute atomic E-state index is 0.312. The van der Waals surface area contributed by atoms with Gasteiger partial charge in [-0.15, -0.1) is 0 Å². The SMILES string of the molecule is CCCNCc1ccc(S(=O)(=O)N(C)CC(C)C)cc1. The lowest BCUT2D eigenvalue weighted by Crippen LogP contribution is -2.30. The number of nitrogens with one attached hydrogen (secondary N) is 1. The van der Waals surface area contributed by atoms with Crippen LogP contribution in [-0.4, -0.2) is 32.9 Å². The van der Waals surface area contributed by atoms with E-state index in [1.807, 2.05) is 26.0 Å². The molecule has 1 N–H and O–H groups in total. The van der Waals surface area contributed by atoms with Crippen LogP contribution in [-0.2, 0) is 16.6 Å². The Morgan fingerprint density at radius 2 is 1.80 bits per heavy atom. The average molecular weight is 298 g/mol. The van der Waals surface area contributed by atoms with Crippen LogP contribution in [0.1, 0.15) is 32.8 Å². The Kier molecular flexibility index (Phi) is 6.65. The van der Waals surface area contributed by atoms with Crippen LogP contribution in [0.4, 0.5) is 0 Å². The summed E-state index contributed by atoms with van der Waals surface area (Å²) in [6, 6.07) is 7.13. The van der Waals surface area contributed by atoms with E-state index in [0.717, 1.165) is 25.1 Å². The second-order valence-electron chi connectivity index (χ2n) is 5.50. The van der Waals surface area contributed by atoms with Crippen LogP contribution in [0.5, 0.6) is 0 Å². The van der Waals surface area contributed by atoms with Crippen molar-refractivity contribution in [2.45, 2.75) is 38.6 Å². The van der Waals surface area contributed by atoms with E-state index >= 15 is 0 Å². The molecule has 114 valence electrons. The van der Waals surface area contributed by atoms with Crippen molar-refractivity contribution in [3.63, 3.8) is 0 Å².